The Kier molecular flexibility index (Phi) is 9.66. The molecule has 31 heavy (non-hydrogen) atoms. The largest absolute Gasteiger partial charge is 0.483 e. The summed E-state index contributed by atoms with van der Waals surface area (Å²) in [4.78, 5) is 27.3. The number of rotatable bonds is 10. The molecule has 0 aliphatic carbocycles. The number of halogens is 2. The van der Waals surface area contributed by atoms with Crippen molar-refractivity contribution in [2.75, 3.05) is 13.2 Å². The molecular weight excluding hydrogens is 435 g/mol. The number of nitrogens with zero attached hydrogens (tertiary/aromatic N) is 1. The van der Waals surface area contributed by atoms with Crippen LogP contribution in [0.15, 0.2) is 36.4 Å². The standard InChI is InChI=1S/C24H30Cl2N2O3/c1-5-6-13-27-24(30)18(4)28(14-19-20(25)10-8-11-21(19)26)23(29)15-31-22-12-7-9-16(2)17(22)3/h7-12,18H,5-6,13-15H2,1-4H3,(H,27,30). The van der Waals surface area contributed by atoms with Crippen molar-refractivity contribution < 1.29 is 14.3 Å². The Labute approximate surface area is 194 Å². The quantitative estimate of drug-likeness (QED) is 0.483. The van der Waals surface area contributed by atoms with Crippen LogP contribution in [-0.2, 0) is 16.1 Å². The summed E-state index contributed by atoms with van der Waals surface area (Å²) in [6, 6.07) is 10.1. The minimum Gasteiger partial charge on any atom is -0.483 e. The van der Waals surface area contributed by atoms with E-state index in [0.717, 1.165) is 24.0 Å². The SMILES string of the molecule is CCCCNC(=O)C(C)N(Cc1c(Cl)cccc1Cl)C(=O)COc1cccc(C)c1C. The molecule has 0 fully saturated rings. The molecule has 5 nitrogen and oxygen atoms in total. The van der Waals surface area contributed by atoms with Gasteiger partial charge in [0.15, 0.2) is 6.61 Å². The molecule has 0 saturated heterocycles. The predicted octanol–water partition coefficient (Wildman–Crippen LogP) is 5.32. The summed E-state index contributed by atoms with van der Waals surface area (Å²) in [5.41, 5.74) is 2.65. The van der Waals surface area contributed by atoms with Gasteiger partial charge in [0.1, 0.15) is 11.8 Å². The Morgan fingerprint density at radius 1 is 1.10 bits per heavy atom. The molecule has 0 bridgehead atoms. The molecule has 1 N–H and O–H groups in total. The van der Waals surface area contributed by atoms with Crippen molar-refractivity contribution in [2.45, 2.75) is 53.1 Å². The molecule has 0 radical (unpaired) electrons. The lowest BCUT2D eigenvalue weighted by molar-refractivity contribution is -0.142. The Bertz CT molecular complexity index is 897. The molecule has 0 heterocycles. The number of hydrogen-bond donors (Lipinski definition) is 1. The normalized spacial score (nSPS) is 11.7. The number of aryl methyl sites for hydroxylation is 1. The van der Waals surface area contributed by atoms with Gasteiger partial charge in [-0.3, -0.25) is 9.59 Å². The maximum absolute atomic E-state index is 13.2. The van der Waals surface area contributed by atoms with E-state index in [0.29, 0.717) is 27.9 Å². The van der Waals surface area contributed by atoms with Gasteiger partial charge in [0.25, 0.3) is 5.91 Å². The van der Waals surface area contributed by atoms with Gasteiger partial charge < -0.3 is 15.0 Å². The molecule has 0 aliphatic heterocycles. The van der Waals surface area contributed by atoms with Crippen LogP contribution in [0.4, 0.5) is 0 Å². The highest BCUT2D eigenvalue weighted by molar-refractivity contribution is 6.36. The van der Waals surface area contributed by atoms with Crippen LogP contribution in [0.3, 0.4) is 0 Å². The highest BCUT2D eigenvalue weighted by Gasteiger charge is 2.27. The molecule has 0 aliphatic rings. The topological polar surface area (TPSA) is 58.6 Å². The number of nitrogens with one attached hydrogen (secondary N) is 1. The van der Waals surface area contributed by atoms with E-state index < -0.39 is 6.04 Å². The van der Waals surface area contributed by atoms with Gasteiger partial charge in [-0.2, -0.15) is 0 Å². The van der Waals surface area contributed by atoms with E-state index in [1.165, 1.54) is 4.90 Å². The lowest BCUT2D eigenvalue weighted by Gasteiger charge is -2.29. The predicted molar refractivity (Wildman–Crippen MR) is 126 cm³/mol. The first kappa shape index (κ1) is 25.0. The van der Waals surface area contributed by atoms with E-state index in [1.807, 2.05) is 32.0 Å². The van der Waals surface area contributed by atoms with Gasteiger partial charge >= 0.3 is 0 Å². The Hall–Kier alpha value is -2.24. The van der Waals surface area contributed by atoms with Crippen LogP contribution in [-0.4, -0.2) is 35.9 Å². The second kappa shape index (κ2) is 12.0. The van der Waals surface area contributed by atoms with E-state index in [4.69, 9.17) is 27.9 Å². The smallest absolute Gasteiger partial charge is 0.261 e. The van der Waals surface area contributed by atoms with Crippen molar-refractivity contribution in [1.82, 2.24) is 10.2 Å². The van der Waals surface area contributed by atoms with Gasteiger partial charge in [-0.25, -0.2) is 0 Å². The molecular formula is C24H30Cl2N2O3. The first-order valence-electron chi connectivity index (χ1n) is 10.4. The fraction of sp³-hybridized carbons (Fsp3) is 0.417. The van der Waals surface area contributed by atoms with Gasteiger partial charge in [0, 0.05) is 28.7 Å². The highest BCUT2D eigenvalue weighted by atomic mass is 35.5. The van der Waals surface area contributed by atoms with Crippen LogP contribution < -0.4 is 10.1 Å². The zero-order chi connectivity index (χ0) is 23.0. The van der Waals surface area contributed by atoms with E-state index in [1.54, 1.807) is 25.1 Å². The van der Waals surface area contributed by atoms with Crippen molar-refractivity contribution >= 4 is 35.0 Å². The summed E-state index contributed by atoms with van der Waals surface area (Å²) in [6.45, 7) is 8.15. The summed E-state index contributed by atoms with van der Waals surface area (Å²) < 4.78 is 5.80. The Balaban J connectivity index is 2.22. The molecule has 1 unspecified atom stereocenters. The monoisotopic (exact) mass is 464 g/mol. The molecule has 168 valence electrons. The van der Waals surface area contributed by atoms with Crippen LogP contribution in [0, 0.1) is 13.8 Å². The van der Waals surface area contributed by atoms with Gasteiger partial charge in [-0.15, -0.1) is 0 Å². The summed E-state index contributed by atoms with van der Waals surface area (Å²) in [7, 11) is 0. The van der Waals surface area contributed by atoms with Crippen molar-refractivity contribution in [3.63, 3.8) is 0 Å². The molecule has 0 saturated carbocycles. The maximum Gasteiger partial charge on any atom is 0.261 e. The second-order valence-corrected chi connectivity index (χ2v) is 8.34. The minimum atomic E-state index is -0.709. The lowest BCUT2D eigenvalue weighted by atomic mass is 10.1. The molecule has 2 aromatic carbocycles. The van der Waals surface area contributed by atoms with Crippen LogP contribution in [0.5, 0.6) is 5.75 Å². The van der Waals surface area contributed by atoms with Crippen LogP contribution in [0.25, 0.3) is 0 Å². The maximum atomic E-state index is 13.2. The Morgan fingerprint density at radius 3 is 2.39 bits per heavy atom. The van der Waals surface area contributed by atoms with E-state index in [2.05, 4.69) is 12.2 Å². The first-order chi connectivity index (χ1) is 14.8. The van der Waals surface area contributed by atoms with Crippen molar-refractivity contribution in [3.8, 4) is 5.75 Å². The third kappa shape index (κ3) is 6.88. The number of carbonyl (C=O) groups is 2. The van der Waals surface area contributed by atoms with Crippen LogP contribution in [0.1, 0.15) is 43.4 Å². The van der Waals surface area contributed by atoms with Crippen molar-refractivity contribution in [1.29, 1.82) is 0 Å². The number of hydrogen-bond acceptors (Lipinski definition) is 3. The summed E-state index contributed by atoms with van der Waals surface area (Å²) in [5.74, 6) is 0.0934. The molecule has 0 spiro atoms. The number of ether oxygens (including phenoxy) is 1. The summed E-state index contributed by atoms with van der Waals surface area (Å²) in [5, 5.41) is 3.77. The highest BCUT2D eigenvalue weighted by Crippen LogP contribution is 2.27. The van der Waals surface area contributed by atoms with Gasteiger partial charge in [0.05, 0.1) is 0 Å². The van der Waals surface area contributed by atoms with E-state index in [9.17, 15) is 9.59 Å². The Morgan fingerprint density at radius 2 is 1.74 bits per heavy atom. The van der Waals surface area contributed by atoms with E-state index in [-0.39, 0.29) is 25.0 Å². The first-order valence-corrected chi connectivity index (χ1v) is 11.2. The summed E-state index contributed by atoms with van der Waals surface area (Å²) in [6.07, 6.45) is 1.84. The molecule has 2 aromatic rings. The van der Waals surface area contributed by atoms with E-state index >= 15 is 0 Å². The zero-order valence-corrected chi connectivity index (χ0v) is 20.0. The van der Waals surface area contributed by atoms with Crippen LogP contribution >= 0.6 is 23.2 Å². The lowest BCUT2D eigenvalue weighted by Crippen LogP contribution is -2.49. The number of benzene rings is 2. The fourth-order valence-electron chi connectivity index (χ4n) is 3.08. The van der Waals surface area contributed by atoms with Gasteiger partial charge in [-0.05, 0) is 56.5 Å². The number of carbonyl (C=O) groups excluding carboxylic acids is 2. The van der Waals surface area contributed by atoms with Gasteiger partial charge in [-0.1, -0.05) is 54.7 Å². The van der Waals surface area contributed by atoms with Gasteiger partial charge in [0.2, 0.25) is 5.91 Å². The third-order valence-electron chi connectivity index (χ3n) is 5.29. The molecule has 2 amide bonds. The van der Waals surface area contributed by atoms with Crippen molar-refractivity contribution in [2.24, 2.45) is 0 Å². The summed E-state index contributed by atoms with van der Waals surface area (Å²) >= 11 is 12.6. The average Bonchev–Trinajstić information content (AvgIpc) is 2.74. The molecule has 1 atom stereocenters. The fourth-order valence-corrected chi connectivity index (χ4v) is 3.59. The average molecular weight is 465 g/mol. The second-order valence-electron chi connectivity index (χ2n) is 7.53. The molecule has 0 aromatic heterocycles. The number of amides is 2. The van der Waals surface area contributed by atoms with Crippen LogP contribution in [0.2, 0.25) is 10.0 Å². The van der Waals surface area contributed by atoms with Crippen molar-refractivity contribution in [3.05, 3.63) is 63.1 Å². The molecule has 7 heteroatoms. The third-order valence-corrected chi connectivity index (χ3v) is 6.00. The minimum absolute atomic E-state index is 0.107. The molecule has 2 rings (SSSR count). The number of unbranched alkanes of at least 4 members (excludes halogenated alkanes) is 1. The zero-order valence-electron chi connectivity index (χ0n) is 18.5.